The third kappa shape index (κ3) is 6.40. The van der Waals surface area contributed by atoms with Crippen LogP contribution in [0, 0.1) is 6.92 Å². The highest BCUT2D eigenvalue weighted by Crippen LogP contribution is 2.21. The Balaban J connectivity index is 1.64. The van der Waals surface area contributed by atoms with Crippen molar-refractivity contribution in [1.29, 1.82) is 0 Å². The maximum atomic E-state index is 13.5. The van der Waals surface area contributed by atoms with E-state index in [0.717, 1.165) is 18.4 Å². The average Bonchev–Trinajstić information content (AvgIpc) is 3.53. The highest BCUT2D eigenvalue weighted by molar-refractivity contribution is 7.90. The fourth-order valence-electron chi connectivity index (χ4n) is 4.37. The van der Waals surface area contributed by atoms with Gasteiger partial charge in [0.15, 0.2) is 0 Å². The van der Waals surface area contributed by atoms with Crippen molar-refractivity contribution in [3.63, 3.8) is 0 Å². The zero-order valence-electron chi connectivity index (χ0n) is 20.8. The number of rotatable bonds is 11. The molecule has 1 aliphatic heterocycles. The SMILES string of the molecule is COCCn1c(CN(CC2CCCO2)C(=O)c2ccc(C)cc2)cnc1S(=O)(=O)Cc1ccccc1. The van der Waals surface area contributed by atoms with Crippen LogP contribution in [0.4, 0.5) is 0 Å². The predicted molar refractivity (Wildman–Crippen MR) is 136 cm³/mol. The zero-order valence-corrected chi connectivity index (χ0v) is 21.6. The van der Waals surface area contributed by atoms with Crippen LogP contribution in [0.3, 0.4) is 0 Å². The molecule has 2 heterocycles. The molecule has 0 bridgehead atoms. The number of aromatic nitrogens is 2. The topological polar surface area (TPSA) is 90.7 Å². The second-order valence-corrected chi connectivity index (χ2v) is 11.0. The lowest BCUT2D eigenvalue weighted by Gasteiger charge is -2.26. The van der Waals surface area contributed by atoms with E-state index in [1.54, 1.807) is 34.9 Å². The van der Waals surface area contributed by atoms with Gasteiger partial charge in [-0.1, -0.05) is 48.0 Å². The number of sulfone groups is 1. The first-order chi connectivity index (χ1) is 17.4. The molecule has 0 radical (unpaired) electrons. The Kier molecular flexibility index (Phi) is 8.56. The van der Waals surface area contributed by atoms with Crippen LogP contribution >= 0.6 is 0 Å². The summed E-state index contributed by atoms with van der Waals surface area (Å²) in [5.74, 6) is -0.280. The van der Waals surface area contributed by atoms with Crippen LogP contribution < -0.4 is 0 Å². The Morgan fingerprint density at radius 2 is 1.92 bits per heavy atom. The van der Waals surface area contributed by atoms with E-state index in [-0.39, 0.29) is 29.5 Å². The monoisotopic (exact) mass is 511 g/mol. The van der Waals surface area contributed by atoms with E-state index < -0.39 is 9.84 Å². The van der Waals surface area contributed by atoms with E-state index in [4.69, 9.17) is 9.47 Å². The van der Waals surface area contributed by atoms with Gasteiger partial charge in [-0.05, 0) is 37.5 Å². The lowest BCUT2D eigenvalue weighted by Crippen LogP contribution is -2.37. The smallest absolute Gasteiger partial charge is 0.254 e. The number of benzene rings is 2. The molecule has 2 aromatic carbocycles. The van der Waals surface area contributed by atoms with Crippen molar-refractivity contribution in [2.45, 2.75) is 49.9 Å². The number of carbonyl (C=O) groups is 1. The van der Waals surface area contributed by atoms with Gasteiger partial charge in [-0.15, -0.1) is 0 Å². The van der Waals surface area contributed by atoms with Crippen molar-refractivity contribution in [3.05, 3.63) is 83.2 Å². The van der Waals surface area contributed by atoms with Gasteiger partial charge >= 0.3 is 0 Å². The Bertz CT molecular complexity index is 1250. The number of hydrogen-bond donors (Lipinski definition) is 0. The minimum atomic E-state index is -3.72. The van der Waals surface area contributed by atoms with E-state index in [1.807, 2.05) is 49.4 Å². The molecule has 1 amide bonds. The van der Waals surface area contributed by atoms with Gasteiger partial charge in [-0.3, -0.25) is 4.79 Å². The Labute approximate surface area is 212 Å². The zero-order chi connectivity index (χ0) is 25.5. The van der Waals surface area contributed by atoms with Crippen LogP contribution in [0.25, 0.3) is 0 Å². The quantitative estimate of drug-likeness (QED) is 0.391. The van der Waals surface area contributed by atoms with Crippen LogP contribution in [0.5, 0.6) is 0 Å². The highest BCUT2D eigenvalue weighted by Gasteiger charge is 2.28. The number of carbonyl (C=O) groups excluding carboxylic acids is 1. The van der Waals surface area contributed by atoms with E-state index >= 15 is 0 Å². The lowest BCUT2D eigenvalue weighted by atomic mass is 10.1. The summed E-state index contributed by atoms with van der Waals surface area (Å²) in [6.45, 7) is 3.92. The largest absolute Gasteiger partial charge is 0.383 e. The molecule has 4 rings (SSSR count). The normalized spacial score (nSPS) is 15.8. The first-order valence-corrected chi connectivity index (χ1v) is 13.8. The molecule has 36 heavy (non-hydrogen) atoms. The third-order valence-corrected chi connectivity index (χ3v) is 7.88. The van der Waals surface area contributed by atoms with Crippen molar-refractivity contribution in [2.24, 2.45) is 0 Å². The summed E-state index contributed by atoms with van der Waals surface area (Å²) in [5, 5.41) is -0.0155. The summed E-state index contributed by atoms with van der Waals surface area (Å²) >= 11 is 0. The van der Waals surface area contributed by atoms with Gasteiger partial charge in [0.2, 0.25) is 15.0 Å². The molecule has 1 aromatic heterocycles. The van der Waals surface area contributed by atoms with Crippen LogP contribution in [-0.2, 0) is 38.2 Å². The number of ether oxygens (including phenoxy) is 2. The maximum absolute atomic E-state index is 13.5. The first kappa shape index (κ1) is 26.1. The average molecular weight is 512 g/mol. The Morgan fingerprint density at radius 3 is 2.58 bits per heavy atom. The van der Waals surface area contributed by atoms with Gasteiger partial charge in [0.1, 0.15) is 0 Å². The summed E-state index contributed by atoms with van der Waals surface area (Å²) < 4.78 is 39.4. The molecular formula is C27H33N3O5S. The molecule has 192 valence electrons. The van der Waals surface area contributed by atoms with Crippen molar-refractivity contribution in [1.82, 2.24) is 14.5 Å². The number of imidazole rings is 1. The molecule has 8 nitrogen and oxygen atoms in total. The fraction of sp³-hybridized carbons (Fsp3) is 0.407. The molecule has 3 aromatic rings. The van der Waals surface area contributed by atoms with Crippen LogP contribution in [0.15, 0.2) is 66.0 Å². The van der Waals surface area contributed by atoms with Crippen molar-refractivity contribution >= 4 is 15.7 Å². The Morgan fingerprint density at radius 1 is 1.17 bits per heavy atom. The molecular weight excluding hydrogens is 478 g/mol. The van der Waals surface area contributed by atoms with Gasteiger partial charge in [-0.25, -0.2) is 13.4 Å². The van der Waals surface area contributed by atoms with Crippen LogP contribution in [-0.4, -0.2) is 61.7 Å². The summed E-state index contributed by atoms with van der Waals surface area (Å²) in [6, 6.07) is 16.5. The molecule has 9 heteroatoms. The summed E-state index contributed by atoms with van der Waals surface area (Å²) in [7, 11) is -2.15. The molecule has 1 unspecified atom stereocenters. The molecule has 1 aliphatic rings. The molecule has 0 saturated carbocycles. The number of aryl methyl sites for hydroxylation is 1. The summed E-state index contributed by atoms with van der Waals surface area (Å²) in [4.78, 5) is 19.6. The van der Waals surface area contributed by atoms with Crippen molar-refractivity contribution in [2.75, 3.05) is 26.9 Å². The minimum Gasteiger partial charge on any atom is -0.383 e. The molecule has 0 N–H and O–H groups in total. The van der Waals surface area contributed by atoms with E-state index in [0.29, 0.717) is 43.1 Å². The predicted octanol–water partition coefficient (Wildman–Crippen LogP) is 3.63. The van der Waals surface area contributed by atoms with Gasteiger partial charge in [0, 0.05) is 32.4 Å². The van der Waals surface area contributed by atoms with Gasteiger partial charge in [-0.2, -0.15) is 0 Å². The van der Waals surface area contributed by atoms with Crippen molar-refractivity contribution < 1.29 is 22.7 Å². The molecule has 1 saturated heterocycles. The van der Waals surface area contributed by atoms with Crippen LogP contribution in [0.1, 0.15) is 40.0 Å². The summed E-state index contributed by atoms with van der Waals surface area (Å²) in [5.41, 5.74) is 2.98. The van der Waals surface area contributed by atoms with Gasteiger partial charge in [0.05, 0.1) is 36.9 Å². The van der Waals surface area contributed by atoms with Gasteiger partial charge < -0.3 is 18.9 Å². The molecule has 1 fully saturated rings. The molecule has 0 aliphatic carbocycles. The highest BCUT2D eigenvalue weighted by atomic mass is 32.2. The van der Waals surface area contributed by atoms with Crippen molar-refractivity contribution in [3.8, 4) is 0 Å². The van der Waals surface area contributed by atoms with Crippen LogP contribution in [0.2, 0.25) is 0 Å². The second-order valence-electron chi connectivity index (χ2n) is 9.11. The van der Waals surface area contributed by atoms with E-state index in [2.05, 4.69) is 4.98 Å². The standard InChI is InChI=1S/C27H33N3O5S/c1-21-10-12-23(13-11-21)26(31)29(19-25-9-6-15-35-25)18-24-17-28-27(30(24)14-16-34-2)36(32,33)20-22-7-4-3-5-8-22/h3-5,7-8,10-13,17,25H,6,9,14-16,18-20H2,1-2H3. The first-order valence-electron chi connectivity index (χ1n) is 12.1. The summed E-state index contributed by atoms with van der Waals surface area (Å²) in [6.07, 6.45) is 3.36. The fourth-order valence-corrected chi connectivity index (χ4v) is 5.89. The lowest BCUT2D eigenvalue weighted by molar-refractivity contribution is 0.0500. The maximum Gasteiger partial charge on any atom is 0.254 e. The van der Waals surface area contributed by atoms with Gasteiger partial charge in [0.25, 0.3) is 5.91 Å². The number of amides is 1. The number of nitrogens with zero attached hydrogens (tertiary/aromatic N) is 3. The second kappa shape index (κ2) is 11.8. The third-order valence-electron chi connectivity index (χ3n) is 6.28. The Hall–Kier alpha value is -3.01. The molecule has 0 spiro atoms. The minimum absolute atomic E-state index is 0.0155. The van der Waals surface area contributed by atoms with E-state index in [9.17, 15) is 13.2 Å². The number of hydrogen-bond acceptors (Lipinski definition) is 6. The molecule has 1 atom stereocenters. The number of methoxy groups -OCH3 is 1. The van der Waals surface area contributed by atoms with E-state index in [1.165, 1.54) is 0 Å².